The van der Waals surface area contributed by atoms with Crippen LogP contribution in [0.5, 0.6) is 0 Å². The first-order chi connectivity index (χ1) is 9.97. The highest BCUT2D eigenvalue weighted by molar-refractivity contribution is 6.30. The zero-order valence-electron chi connectivity index (χ0n) is 10.9. The van der Waals surface area contributed by atoms with E-state index in [1.165, 1.54) is 12.1 Å². The minimum Gasteiger partial charge on any atom is -0.381 e. The molecule has 0 atom stereocenters. The molecule has 1 amide bonds. The van der Waals surface area contributed by atoms with Crippen molar-refractivity contribution in [3.8, 4) is 0 Å². The van der Waals surface area contributed by atoms with Crippen molar-refractivity contribution in [1.82, 2.24) is 0 Å². The Hall–Kier alpha value is -2.60. The number of amides is 1. The lowest BCUT2D eigenvalue weighted by Gasteiger charge is -2.08. The predicted octanol–water partition coefficient (Wildman–Crippen LogP) is 2.96. The van der Waals surface area contributed by atoms with Crippen molar-refractivity contribution < 1.29 is 9.72 Å². The van der Waals surface area contributed by atoms with Gasteiger partial charge < -0.3 is 11.1 Å². The Bertz CT molecular complexity index is 686. The first-order valence-corrected chi connectivity index (χ1v) is 6.42. The van der Waals surface area contributed by atoms with E-state index in [1.807, 2.05) is 0 Å². The van der Waals surface area contributed by atoms with Gasteiger partial charge in [-0.05, 0) is 36.4 Å². The first kappa shape index (κ1) is 14.8. The van der Waals surface area contributed by atoms with Gasteiger partial charge in [-0.3, -0.25) is 14.9 Å². The molecule has 0 saturated heterocycles. The summed E-state index contributed by atoms with van der Waals surface area (Å²) in [5, 5.41) is 14.4. The van der Waals surface area contributed by atoms with Crippen LogP contribution in [-0.2, 0) is 6.54 Å². The van der Waals surface area contributed by atoms with Crippen LogP contribution in [0.2, 0.25) is 5.02 Å². The number of halogens is 1. The monoisotopic (exact) mass is 305 g/mol. The first-order valence-electron chi connectivity index (χ1n) is 6.04. The van der Waals surface area contributed by atoms with Crippen LogP contribution in [0.4, 0.5) is 11.4 Å². The molecular formula is C14H12ClN3O3. The third-order valence-electron chi connectivity index (χ3n) is 2.89. The standard InChI is InChI=1S/C14H12ClN3O3/c15-11-3-6-13(18(20)21)10(7-11)8-17-12-4-1-9(2-5-12)14(16)19/h1-7,17H,8H2,(H2,16,19). The molecule has 0 heterocycles. The molecule has 0 fully saturated rings. The zero-order chi connectivity index (χ0) is 15.4. The van der Waals surface area contributed by atoms with Crippen LogP contribution in [-0.4, -0.2) is 10.8 Å². The van der Waals surface area contributed by atoms with Crippen LogP contribution >= 0.6 is 11.6 Å². The minimum absolute atomic E-state index is 0.000608. The van der Waals surface area contributed by atoms with Crippen molar-refractivity contribution >= 4 is 28.9 Å². The normalized spacial score (nSPS) is 10.1. The molecule has 0 unspecified atom stereocenters. The Morgan fingerprint density at radius 3 is 2.48 bits per heavy atom. The fraction of sp³-hybridized carbons (Fsp3) is 0.0714. The van der Waals surface area contributed by atoms with Gasteiger partial charge >= 0.3 is 0 Å². The summed E-state index contributed by atoms with van der Waals surface area (Å²) in [5.74, 6) is -0.507. The maximum absolute atomic E-state index is 11.0. The van der Waals surface area contributed by atoms with Crippen molar-refractivity contribution in [3.05, 3.63) is 68.7 Å². The van der Waals surface area contributed by atoms with Crippen LogP contribution in [0, 0.1) is 10.1 Å². The number of hydrogen-bond acceptors (Lipinski definition) is 4. The summed E-state index contributed by atoms with van der Waals surface area (Å²) in [4.78, 5) is 21.5. The fourth-order valence-corrected chi connectivity index (χ4v) is 2.02. The zero-order valence-corrected chi connectivity index (χ0v) is 11.6. The molecule has 108 valence electrons. The molecule has 0 spiro atoms. The van der Waals surface area contributed by atoms with Crippen molar-refractivity contribution in [2.24, 2.45) is 5.73 Å². The van der Waals surface area contributed by atoms with Crippen molar-refractivity contribution in [1.29, 1.82) is 0 Å². The average molecular weight is 306 g/mol. The highest BCUT2D eigenvalue weighted by Gasteiger charge is 2.13. The number of rotatable bonds is 5. The van der Waals surface area contributed by atoms with Gasteiger partial charge in [0.2, 0.25) is 5.91 Å². The van der Waals surface area contributed by atoms with Gasteiger partial charge in [0.05, 0.1) is 10.5 Å². The number of carbonyl (C=O) groups is 1. The third kappa shape index (κ3) is 3.70. The number of nitro groups is 1. The third-order valence-corrected chi connectivity index (χ3v) is 3.13. The quantitative estimate of drug-likeness (QED) is 0.655. The summed E-state index contributed by atoms with van der Waals surface area (Å²) in [5.41, 5.74) is 6.74. The summed E-state index contributed by atoms with van der Waals surface area (Å²) in [6.07, 6.45) is 0. The molecule has 0 radical (unpaired) electrons. The van der Waals surface area contributed by atoms with Crippen LogP contribution in [0.15, 0.2) is 42.5 Å². The van der Waals surface area contributed by atoms with E-state index in [-0.39, 0.29) is 12.2 Å². The number of hydrogen-bond donors (Lipinski definition) is 2. The molecule has 6 nitrogen and oxygen atoms in total. The van der Waals surface area contributed by atoms with E-state index in [9.17, 15) is 14.9 Å². The van der Waals surface area contributed by atoms with Crippen molar-refractivity contribution in [3.63, 3.8) is 0 Å². The van der Waals surface area contributed by atoms with E-state index in [1.54, 1.807) is 30.3 Å². The lowest BCUT2D eigenvalue weighted by molar-refractivity contribution is -0.385. The van der Waals surface area contributed by atoms with Gasteiger partial charge in [-0.15, -0.1) is 0 Å². The molecule has 0 bridgehead atoms. The molecule has 0 aromatic heterocycles. The molecule has 0 aliphatic rings. The second kappa shape index (κ2) is 6.23. The average Bonchev–Trinajstić information content (AvgIpc) is 2.45. The van der Waals surface area contributed by atoms with Crippen LogP contribution < -0.4 is 11.1 Å². The number of carbonyl (C=O) groups excluding carboxylic acids is 1. The van der Waals surface area contributed by atoms with Crippen LogP contribution in [0.3, 0.4) is 0 Å². The summed E-state index contributed by atoms with van der Waals surface area (Å²) < 4.78 is 0. The Balaban J connectivity index is 2.14. The summed E-state index contributed by atoms with van der Waals surface area (Å²) in [6, 6.07) is 10.9. The maximum Gasteiger partial charge on any atom is 0.274 e. The molecule has 0 aliphatic carbocycles. The fourth-order valence-electron chi connectivity index (χ4n) is 1.82. The van der Waals surface area contributed by atoms with E-state index in [0.29, 0.717) is 21.8 Å². The van der Waals surface area contributed by atoms with Gasteiger partial charge in [0, 0.05) is 28.9 Å². The maximum atomic E-state index is 11.0. The van der Waals surface area contributed by atoms with Crippen LogP contribution in [0.1, 0.15) is 15.9 Å². The van der Waals surface area contributed by atoms with E-state index >= 15 is 0 Å². The number of primary amides is 1. The number of nitrogens with zero attached hydrogens (tertiary/aromatic N) is 1. The van der Waals surface area contributed by atoms with E-state index in [2.05, 4.69) is 5.32 Å². The number of benzene rings is 2. The molecule has 2 aromatic carbocycles. The van der Waals surface area contributed by atoms with Gasteiger partial charge in [0.1, 0.15) is 0 Å². The summed E-state index contributed by atoms with van der Waals surface area (Å²) >= 11 is 5.86. The van der Waals surface area contributed by atoms with E-state index < -0.39 is 10.8 Å². The Morgan fingerprint density at radius 1 is 1.24 bits per heavy atom. The van der Waals surface area contributed by atoms with Crippen molar-refractivity contribution in [2.45, 2.75) is 6.54 Å². The van der Waals surface area contributed by atoms with E-state index in [4.69, 9.17) is 17.3 Å². The molecule has 7 heteroatoms. The summed E-state index contributed by atoms with van der Waals surface area (Å²) in [6.45, 7) is 0.243. The Kier molecular flexibility index (Phi) is 4.39. The second-order valence-corrected chi connectivity index (χ2v) is 4.76. The molecule has 3 N–H and O–H groups in total. The number of nitro benzene ring substituents is 1. The Morgan fingerprint density at radius 2 is 1.90 bits per heavy atom. The van der Waals surface area contributed by atoms with Crippen molar-refractivity contribution in [2.75, 3.05) is 5.32 Å². The highest BCUT2D eigenvalue weighted by atomic mass is 35.5. The number of nitrogens with one attached hydrogen (secondary N) is 1. The molecule has 0 aliphatic heterocycles. The second-order valence-electron chi connectivity index (χ2n) is 4.33. The number of nitrogens with two attached hydrogens (primary N) is 1. The van der Waals surface area contributed by atoms with Crippen LogP contribution in [0.25, 0.3) is 0 Å². The number of anilines is 1. The minimum atomic E-state index is -0.507. The SMILES string of the molecule is NC(=O)c1ccc(NCc2cc(Cl)ccc2[N+](=O)[O-])cc1. The Labute approximate surface area is 125 Å². The topological polar surface area (TPSA) is 98.3 Å². The van der Waals surface area contributed by atoms with E-state index in [0.717, 1.165) is 0 Å². The van der Waals surface area contributed by atoms with Gasteiger partial charge in [-0.2, -0.15) is 0 Å². The van der Waals surface area contributed by atoms with Gasteiger partial charge in [-0.25, -0.2) is 0 Å². The van der Waals surface area contributed by atoms with Gasteiger partial charge in [-0.1, -0.05) is 11.6 Å². The smallest absolute Gasteiger partial charge is 0.274 e. The molecule has 2 aromatic rings. The molecule has 0 saturated carbocycles. The highest BCUT2D eigenvalue weighted by Crippen LogP contribution is 2.23. The molecule has 2 rings (SSSR count). The van der Waals surface area contributed by atoms with Gasteiger partial charge in [0.25, 0.3) is 5.69 Å². The summed E-state index contributed by atoms with van der Waals surface area (Å²) in [7, 11) is 0. The molecule has 21 heavy (non-hydrogen) atoms. The molecular weight excluding hydrogens is 294 g/mol. The predicted molar refractivity (Wildman–Crippen MR) is 80.4 cm³/mol. The largest absolute Gasteiger partial charge is 0.381 e. The lowest BCUT2D eigenvalue weighted by Crippen LogP contribution is -2.10. The lowest BCUT2D eigenvalue weighted by atomic mass is 10.1. The van der Waals surface area contributed by atoms with Gasteiger partial charge in [0.15, 0.2) is 0 Å².